The minimum absolute atomic E-state index is 0.0989. The molecule has 15 heavy (non-hydrogen) atoms. The monoisotopic (exact) mass is 194 g/mol. The van der Waals surface area contributed by atoms with Crippen molar-refractivity contribution in [3.8, 4) is 12.3 Å². The van der Waals surface area contributed by atoms with Gasteiger partial charge in [-0.1, -0.05) is 54.5 Å². The van der Waals surface area contributed by atoms with E-state index in [2.05, 4.69) is 55.3 Å². The van der Waals surface area contributed by atoms with Crippen molar-refractivity contribution in [1.82, 2.24) is 0 Å². The number of hydrogen-bond acceptors (Lipinski definition) is 0. The van der Waals surface area contributed by atoms with Gasteiger partial charge in [-0.2, -0.15) is 0 Å². The van der Waals surface area contributed by atoms with E-state index < -0.39 is 0 Å². The predicted molar refractivity (Wildman–Crippen MR) is 65.1 cm³/mol. The van der Waals surface area contributed by atoms with Gasteiger partial charge in [-0.25, -0.2) is 0 Å². The maximum Gasteiger partial charge on any atom is 0.0500 e. The van der Waals surface area contributed by atoms with Gasteiger partial charge in [0.2, 0.25) is 0 Å². The zero-order chi connectivity index (χ0) is 10.7. The molecule has 0 aromatic heterocycles. The van der Waals surface area contributed by atoms with Gasteiger partial charge < -0.3 is 0 Å². The van der Waals surface area contributed by atoms with Crippen LogP contribution >= 0.6 is 0 Å². The third kappa shape index (κ3) is 2.02. The Labute approximate surface area is 91.3 Å². The molecule has 0 amide bonds. The quantitative estimate of drug-likeness (QED) is 0.598. The van der Waals surface area contributed by atoms with E-state index in [0.29, 0.717) is 0 Å². The Morgan fingerprint density at radius 2 is 2.00 bits per heavy atom. The summed E-state index contributed by atoms with van der Waals surface area (Å²) in [5.74, 6) is 2.82. The average Bonchev–Trinajstić information content (AvgIpc) is 2.31. The van der Waals surface area contributed by atoms with Crippen molar-refractivity contribution in [3.05, 3.63) is 54.1 Å². The van der Waals surface area contributed by atoms with Crippen LogP contribution in [0.5, 0.6) is 0 Å². The van der Waals surface area contributed by atoms with Gasteiger partial charge in [0, 0.05) is 0 Å². The van der Waals surface area contributed by atoms with Crippen LogP contribution in [0.1, 0.15) is 18.9 Å². The van der Waals surface area contributed by atoms with E-state index in [-0.39, 0.29) is 5.41 Å². The number of hydrogen-bond donors (Lipinski definition) is 0. The SMILES string of the molecule is C#CC1(C)C=CC(c2ccccc2)=CC1. The molecule has 0 bridgehead atoms. The topological polar surface area (TPSA) is 0 Å². The van der Waals surface area contributed by atoms with E-state index in [9.17, 15) is 0 Å². The molecule has 0 saturated heterocycles. The molecule has 0 spiro atoms. The van der Waals surface area contributed by atoms with E-state index >= 15 is 0 Å². The van der Waals surface area contributed by atoms with Gasteiger partial charge in [-0.3, -0.25) is 0 Å². The number of rotatable bonds is 1. The van der Waals surface area contributed by atoms with E-state index in [0.717, 1.165) is 6.42 Å². The Bertz CT molecular complexity index is 443. The van der Waals surface area contributed by atoms with Gasteiger partial charge in [0.05, 0.1) is 5.41 Å². The summed E-state index contributed by atoms with van der Waals surface area (Å²) in [5.41, 5.74) is 2.43. The van der Waals surface area contributed by atoms with E-state index in [1.54, 1.807) is 0 Å². The van der Waals surface area contributed by atoms with Crippen LogP contribution in [0.15, 0.2) is 48.6 Å². The Kier molecular flexibility index (Phi) is 2.47. The van der Waals surface area contributed by atoms with Crippen molar-refractivity contribution < 1.29 is 0 Å². The summed E-state index contributed by atoms with van der Waals surface area (Å²) in [5, 5.41) is 0. The normalized spacial score (nSPS) is 24.4. The predicted octanol–water partition coefficient (Wildman–Crippen LogP) is 3.67. The molecular weight excluding hydrogens is 180 g/mol. The first kappa shape index (κ1) is 9.80. The van der Waals surface area contributed by atoms with Gasteiger partial charge in [-0.05, 0) is 24.5 Å². The lowest BCUT2D eigenvalue weighted by atomic mass is 9.82. The zero-order valence-corrected chi connectivity index (χ0v) is 8.90. The van der Waals surface area contributed by atoms with Crippen LogP contribution in [-0.4, -0.2) is 0 Å². The lowest BCUT2D eigenvalue weighted by molar-refractivity contribution is 0.584. The van der Waals surface area contributed by atoms with Crippen molar-refractivity contribution >= 4 is 5.57 Å². The highest BCUT2D eigenvalue weighted by Crippen LogP contribution is 2.31. The Balaban J connectivity index is 2.25. The summed E-state index contributed by atoms with van der Waals surface area (Å²) in [6.45, 7) is 2.09. The zero-order valence-electron chi connectivity index (χ0n) is 8.90. The summed E-state index contributed by atoms with van der Waals surface area (Å²) < 4.78 is 0. The summed E-state index contributed by atoms with van der Waals surface area (Å²) in [6.07, 6.45) is 12.9. The number of terminal acetylenes is 1. The largest absolute Gasteiger partial charge is 0.119 e. The Hall–Kier alpha value is -1.74. The smallest absolute Gasteiger partial charge is 0.0500 e. The van der Waals surface area contributed by atoms with Crippen molar-refractivity contribution in [2.24, 2.45) is 5.41 Å². The first-order chi connectivity index (χ1) is 7.23. The molecule has 0 heterocycles. The Morgan fingerprint density at radius 1 is 1.27 bits per heavy atom. The molecule has 1 aromatic rings. The standard InChI is InChI=1S/C15H14/c1-3-15(2)11-9-14(10-12-15)13-7-5-4-6-8-13/h1,4-11H,12H2,2H3. The highest BCUT2D eigenvalue weighted by atomic mass is 14.2. The minimum atomic E-state index is -0.0989. The van der Waals surface area contributed by atoms with Crippen LogP contribution in [0.4, 0.5) is 0 Å². The highest BCUT2D eigenvalue weighted by molar-refractivity contribution is 5.75. The molecule has 74 valence electrons. The molecule has 0 fully saturated rings. The van der Waals surface area contributed by atoms with Crippen molar-refractivity contribution in [3.63, 3.8) is 0 Å². The molecule has 2 rings (SSSR count). The van der Waals surface area contributed by atoms with Gasteiger partial charge in [-0.15, -0.1) is 6.42 Å². The molecule has 0 saturated carbocycles. The first-order valence-corrected chi connectivity index (χ1v) is 5.16. The molecule has 0 heteroatoms. The van der Waals surface area contributed by atoms with Crippen LogP contribution in [0.3, 0.4) is 0 Å². The number of benzene rings is 1. The van der Waals surface area contributed by atoms with E-state index in [4.69, 9.17) is 6.42 Å². The molecule has 0 N–H and O–H groups in total. The molecule has 1 unspecified atom stereocenters. The summed E-state index contributed by atoms with van der Waals surface area (Å²) in [6, 6.07) is 10.4. The Morgan fingerprint density at radius 3 is 2.53 bits per heavy atom. The summed E-state index contributed by atoms with van der Waals surface area (Å²) in [4.78, 5) is 0. The molecule has 0 radical (unpaired) electrons. The van der Waals surface area contributed by atoms with Crippen molar-refractivity contribution in [2.75, 3.05) is 0 Å². The van der Waals surface area contributed by atoms with Gasteiger partial charge in [0.15, 0.2) is 0 Å². The van der Waals surface area contributed by atoms with Gasteiger partial charge in [0.1, 0.15) is 0 Å². The second-order valence-electron chi connectivity index (χ2n) is 4.12. The first-order valence-electron chi connectivity index (χ1n) is 5.16. The third-order valence-corrected chi connectivity index (χ3v) is 2.81. The maximum absolute atomic E-state index is 5.49. The lowest BCUT2D eigenvalue weighted by Crippen LogP contribution is -2.11. The van der Waals surface area contributed by atoms with E-state index in [1.807, 2.05) is 6.07 Å². The minimum Gasteiger partial charge on any atom is -0.119 e. The lowest BCUT2D eigenvalue weighted by Gasteiger charge is -2.21. The van der Waals surface area contributed by atoms with Gasteiger partial charge in [0.25, 0.3) is 0 Å². The molecule has 1 atom stereocenters. The van der Waals surface area contributed by atoms with Crippen LogP contribution in [0, 0.1) is 17.8 Å². The average molecular weight is 194 g/mol. The van der Waals surface area contributed by atoms with Crippen LogP contribution in [-0.2, 0) is 0 Å². The second kappa shape index (κ2) is 3.79. The fraction of sp³-hybridized carbons (Fsp3) is 0.200. The van der Waals surface area contributed by atoms with Crippen molar-refractivity contribution in [1.29, 1.82) is 0 Å². The van der Waals surface area contributed by atoms with E-state index in [1.165, 1.54) is 11.1 Å². The molecule has 0 nitrogen and oxygen atoms in total. The van der Waals surface area contributed by atoms with Crippen LogP contribution in [0.2, 0.25) is 0 Å². The second-order valence-corrected chi connectivity index (χ2v) is 4.12. The fourth-order valence-electron chi connectivity index (χ4n) is 1.68. The molecule has 1 aliphatic carbocycles. The molecule has 1 aromatic carbocycles. The molecule has 0 aliphatic heterocycles. The van der Waals surface area contributed by atoms with Gasteiger partial charge >= 0.3 is 0 Å². The van der Waals surface area contributed by atoms with Crippen molar-refractivity contribution in [2.45, 2.75) is 13.3 Å². The summed E-state index contributed by atoms with van der Waals surface area (Å²) in [7, 11) is 0. The number of allylic oxidation sites excluding steroid dienone is 4. The van der Waals surface area contributed by atoms with Crippen LogP contribution in [0.25, 0.3) is 5.57 Å². The molecular formula is C15H14. The molecule has 1 aliphatic rings. The van der Waals surface area contributed by atoms with Crippen LogP contribution < -0.4 is 0 Å². The fourth-order valence-corrected chi connectivity index (χ4v) is 1.68. The third-order valence-electron chi connectivity index (χ3n) is 2.81. The highest BCUT2D eigenvalue weighted by Gasteiger charge is 2.19. The summed E-state index contributed by atoms with van der Waals surface area (Å²) >= 11 is 0. The maximum atomic E-state index is 5.49.